The topological polar surface area (TPSA) is 69.4 Å². The predicted molar refractivity (Wildman–Crippen MR) is 34.8 cm³/mol. The van der Waals surface area contributed by atoms with Crippen molar-refractivity contribution in [3.63, 3.8) is 0 Å². The Morgan fingerprint density at radius 2 is 2.20 bits per heavy atom. The molecule has 0 rings (SSSR count). The first-order valence-corrected chi connectivity index (χ1v) is 3.14. The van der Waals surface area contributed by atoms with Crippen LogP contribution in [0.1, 0.15) is 25.7 Å². The van der Waals surface area contributed by atoms with E-state index in [0.29, 0.717) is 19.3 Å². The summed E-state index contributed by atoms with van der Waals surface area (Å²) in [5.74, 6) is 4.14. The fourth-order valence-corrected chi connectivity index (χ4v) is 0.556. The van der Waals surface area contributed by atoms with Gasteiger partial charge in [-0.15, -0.1) is 0 Å². The molecule has 0 atom stereocenters. The molecule has 0 amide bonds. The molecule has 0 heterocycles. The van der Waals surface area contributed by atoms with Gasteiger partial charge in [-0.2, -0.15) is 5.90 Å². The molecule has 0 aliphatic heterocycles. The van der Waals surface area contributed by atoms with E-state index in [1.807, 2.05) is 0 Å². The van der Waals surface area contributed by atoms with Crippen molar-refractivity contribution in [3.05, 3.63) is 0 Å². The van der Waals surface area contributed by atoms with Crippen LogP contribution in [0.2, 0.25) is 0 Å². The van der Waals surface area contributed by atoms with Gasteiger partial charge in [-0.3, -0.25) is 4.79 Å². The monoisotopic (exact) mass is 145 g/mol. The van der Waals surface area contributed by atoms with Crippen molar-refractivity contribution in [2.24, 2.45) is 5.90 Å². The lowest BCUT2D eigenvalue weighted by atomic mass is 10.2. The van der Waals surface area contributed by atoms with Gasteiger partial charge in [0.1, 0.15) is 6.29 Å². The highest BCUT2D eigenvalue weighted by molar-refractivity contribution is 5.68. The Morgan fingerprint density at radius 1 is 1.50 bits per heavy atom. The largest absolute Gasteiger partial charge is 0.373 e. The van der Waals surface area contributed by atoms with Gasteiger partial charge in [-0.25, -0.2) is 0 Å². The summed E-state index contributed by atoms with van der Waals surface area (Å²) in [5, 5.41) is 0. The first kappa shape index (κ1) is 9.10. The zero-order valence-electron chi connectivity index (χ0n) is 5.71. The molecule has 10 heavy (non-hydrogen) atoms. The molecular weight excluding hydrogens is 134 g/mol. The summed E-state index contributed by atoms with van der Waals surface area (Å²) < 4.78 is 0. The Labute approximate surface area is 59.3 Å². The van der Waals surface area contributed by atoms with Crippen LogP contribution in [0.15, 0.2) is 0 Å². The second kappa shape index (κ2) is 6.22. The Bertz CT molecular complexity index is 114. The van der Waals surface area contributed by atoms with Crippen molar-refractivity contribution in [2.45, 2.75) is 25.7 Å². The number of rotatable bonds is 5. The SMILES string of the molecule is NOC(=O)CCCCC=O. The second-order valence-corrected chi connectivity index (χ2v) is 1.90. The maximum absolute atomic E-state index is 10.3. The minimum atomic E-state index is -0.425. The number of carbonyl (C=O) groups is 2. The number of nitrogens with two attached hydrogens (primary N) is 1. The molecule has 0 aromatic rings. The van der Waals surface area contributed by atoms with Crippen LogP contribution in [0.5, 0.6) is 0 Å². The molecule has 0 aliphatic carbocycles. The van der Waals surface area contributed by atoms with Crippen molar-refractivity contribution in [2.75, 3.05) is 0 Å². The van der Waals surface area contributed by atoms with Gasteiger partial charge in [0, 0.05) is 12.8 Å². The second-order valence-electron chi connectivity index (χ2n) is 1.90. The molecule has 0 fully saturated rings. The number of aldehydes is 1. The van der Waals surface area contributed by atoms with Gasteiger partial charge >= 0.3 is 5.97 Å². The van der Waals surface area contributed by atoms with Crippen molar-refractivity contribution < 1.29 is 14.4 Å². The van der Waals surface area contributed by atoms with E-state index in [2.05, 4.69) is 10.7 Å². The van der Waals surface area contributed by atoms with Crippen molar-refractivity contribution in [1.82, 2.24) is 0 Å². The predicted octanol–water partition coefficient (Wildman–Crippen LogP) is 0.163. The lowest BCUT2D eigenvalue weighted by molar-refractivity contribution is -0.144. The smallest absolute Gasteiger partial charge is 0.324 e. The molecule has 4 nitrogen and oxygen atoms in total. The zero-order valence-corrected chi connectivity index (χ0v) is 5.71. The third-order valence-electron chi connectivity index (χ3n) is 1.08. The van der Waals surface area contributed by atoms with Crippen LogP contribution in [-0.4, -0.2) is 12.3 Å². The standard InChI is InChI=1S/C6H11NO3/c7-10-6(9)4-2-1-3-5-8/h5H,1-4,7H2. The number of hydrogen-bond donors (Lipinski definition) is 1. The lowest BCUT2D eigenvalue weighted by Gasteiger charge is -1.94. The van der Waals surface area contributed by atoms with Crippen LogP contribution in [0.4, 0.5) is 0 Å². The minimum Gasteiger partial charge on any atom is -0.373 e. The van der Waals surface area contributed by atoms with Gasteiger partial charge in [0.2, 0.25) is 0 Å². The van der Waals surface area contributed by atoms with Crippen LogP contribution in [0.3, 0.4) is 0 Å². The number of hydrogen-bond acceptors (Lipinski definition) is 4. The van der Waals surface area contributed by atoms with Gasteiger partial charge < -0.3 is 9.63 Å². The van der Waals surface area contributed by atoms with Crippen LogP contribution < -0.4 is 5.90 Å². The van der Waals surface area contributed by atoms with E-state index in [0.717, 1.165) is 12.7 Å². The summed E-state index contributed by atoms with van der Waals surface area (Å²) in [6, 6.07) is 0. The fraction of sp³-hybridized carbons (Fsp3) is 0.667. The van der Waals surface area contributed by atoms with Crippen molar-refractivity contribution in [1.29, 1.82) is 0 Å². The molecule has 0 spiro atoms. The van der Waals surface area contributed by atoms with Gasteiger partial charge in [-0.1, -0.05) is 0 Å². The van der Waals surface area contributed by atoms with Crippen molar-refractivity contribution >= 4 is 12.3 Å². The molecule has 0 aliphatic rings. The van der Waals surface area contributed by atoms with E-state index in [-0.39, 0.29) is 0 Å². The van der Waals surface area contributed by atoms with E-state index < -0.39 is 5.97 Å². The molecule has 0 bridgehead atoms. The first-order valence-electron chi connectivity index (χ1n) is 3.14. The van der Waals surface area contributed by atoms with Gasteiger partial charge in [0.05, 0.1) is 0 Å². The summed E-state index contributed by atoms with van der Waals surface area (Å²) in [6.45, 7) is 0. The maximum atomic E-state index is 10.3. The molecule has 0 aromatic carbocycles. The van der Waals surface area contributed by atoms with Gasteiger partial charge in [0.25, 0.3) is 0 Å². The van der Waals surface area contributed by atoms with E-state index in [4.69, 9.17) is 0 Å². The normalized spacial score (nSPS) is 8.90. The summed E-state index contributed by atoms with van der Waals surface area (Å²) in [7, 11) is 0. The average molecular weight is 145 g/mol. The van der Waals surface area contributed by atoms with Gasteiger partial charge in [0.15, 0.2) is 0 Å². The quantitative estimate of drug-likeness (QED) is 0.340. The van der Waals surface area contributed by atoms with E-state index >= 15 is 0 Å². The molecule has 0 saturated heterocycles. The van der Waals surface area contributed by atoms with Gasteiger partial charge in [-0.05, 0) is 12.8 Å². The highest BCUT2D eigenvalue weighted by atomic mass is 16.7. The average Bonchev–Trinajstić information content (AvgIpc) is 1.98. The Hall–Kier alpha value is -0.900. The van der Waals surface area contributed by atoms with Crippen molar-refractivity contribution in [3.8, 4) is 0 Å². The number of unbranched alkanes of at least 4 members (excludes halogenated alkanes) is 2. The summed E-state index contributed by atoms with van der Waals surface area (Å²) >= 11 is 0. The third-order valence-corrected chi connectivity index (χ3v) is 1.08. The van der Waals surface area contributed by atoms with E-state index in [9.17, 15) is 9.59 Å². The molecule has 4 heteroatoms. The molecule has 0 radical (unpaired) electrons. The molecular formula is C6H11NO3. The molecule has 0 unspecified atom stereocenters. The summed E-state index contributed by atoms with van der Waals surface area (Å²) in [4.78, 5) is 24.0. The lowest BCUT2D eigenvalue weighted by Crippen LogP contribution is -2.08. The Kier molecular flexibility index (Phi) is 5.66. The first-order chi connectivity index (χ1) is 4.81. The fourth-order valence-electron chi connectivity index (χ4n) is 0.556. The molecule has 2 N–H and O–H groups in total. The van der Waals surface area contributed by atoms with E-state index in [1.54, 1.807) is 0 Å². The van der Waals surface area contributed by atoms with Crippen LogP contribution in [-0.2, 0) is 14.4 Å². The van der Waals surface area contributed by atoms with Crippen LogP contribution in [0, 0.1) is 0 Å². The molecule has 0 aromatic heterocycles. The zero-order chi connectivity index (χ0) is 7.82. The Balaban J connectivity index is 3.03. The highest BCUT2D eigenvalue weighted by Gasteiger charge is 1.98. The molecule has 58 valence electrons. The minimum absolute atomic E-state index is 0.296. The third kappa shape index (κ3) is 5.24. The summed E-state index contributed by atoms with van der Waals surface area (Å²) in [5.41, 5.74) is 0. The van der Waals surface area contributed by atoms with Crippen LogP contribution >= 0.6 is 0 Å². The van der Waals surface area contributed by atoms with E-state index in [1.165, 1.54) is 0 Å². The Morgan fingerprint density at radius 3 is 2.70 bits per heavy atom. The molecule has 0 saturated carbocycles. The summed E-state index contributed by atoms with van der Waals surface area (Å²) in [6.07, 6.45) is 3.00. The highest BCUT2D eigenvalue weighted by Crippen LogP contribution is 1.97. The maximum Gasteiger partial charge on any atom is 0.324 e. The number of carbonyl (C=O) groups excluding carboxylic acids is 2. The van der Waals surface area contributed by atoms with Crippen LogP contribution in [0.25, 0.3) is 0 Å².